The summed E-state index contributed by atoms with van der Waals surface area (Å²) in [7, 11) is -4.95. The van der Waals surface area contributed by atoms with Crippen LogP contribution in [0.15, 0.2) is 47.4 Å². The van der Waals surface area contributed by atoms with E-state index in [1.807, 2.05) is 6.07 Å². The number of sulfone groups is 1. The van der Waals surface area contributed by atoms with Crippen molar-refractivity contribution in [3.8, 4) is 0 Å². The second kappa shape index (κ2) is 6.61. The highest BCUT2D eigenvalue weighted by molar-refractivity contribution is 7.91. The van der Waals surface area contributed by atoms with Gasteiger partial charge in [-0.3, -0.25) is 10.1 Å². The van der Waals surface area contributed by atoms with Crippen LogP contribution in [0.3, 0.4) is 0 Å². The molecule has 3 rings (SSSR count). The van der Waals surface area contributed by atoms with Crippen LogP contribution in [0.1, 0.15) is 17.2 Å². The number of benzene rings is 2. The number of anilines is 1. The number of nitro benzene ring substituents is 1. The van der Waals surface area contributed by atoms with Gasteiger partial charge in [-0.1, -0.05) is 24.3 Å². The molecule has 0 saturated carbocycles. The number of nitro groups is 1. The third-order valence-electron chi connectivity index (χ3n) is 4.24. The van der Waals surface area contributed by atoms with Gasteiger partial charge in [-0.2, -0.15) is 8.78 Å². The molecule has 0 fully saturated rings. The number of aliphatic hydroxyl groups is 1. The van der Waals surface area contributed by atoms with E-state index in [-0.39, 0.29) is 5.69 Å². The van der Waals surface area contributed by atoms with Crippen LogP contribution >= 0.6 is 0 Å². The molecular formula is C16H14F2N2O5S. The van der Waals surface area contributed by atoms with Gasteiger partial charge in [-0.05, 0) is 23.3 Å². The molecule has 2 aromatic carbocycles. The zero-order valence-corrected chi connectivity index (χ0v) is 14.0. The fourth-order valence-electron chi connectivity index (χ4n) is 2.98. The molecular weight excluding hydrogens is 370 g/mol. The fraction of sp³-hybridized carbons (Fsp3) is 0.250. The first-order valence-electron chi connectivity index (χ1n) is 7.54. The van der Waals surface area contributed by atoms with Gasteiger partial charge < -0.3 is 10.4 Å². The maximum Gasteiger partial charge on any atom is 0.341 e. The topological polar surface area (TPSA) is 110 Å². The molecule has 138 valence electrons. The normalized spacial score (nSPS) is 19.4. The molecule has 7 nitrogen and oxygen atoms in total. The first kappa shape index (κ1) is 18.2. The third kappa shape index (κ3) is 3.13. The van der Waals surface area contributed by atoms with Gasteiger partial charge in [0, 0.05) is 12.5 Å². The Hall–Kier alpha value is -2.59. The van der Waals surface area contributed by atoms with Gasteiger partial charge in [0.1, 0.15) is 5.69 Å². The summed E-state index contributed by atoms with van der Waals surface area (Å²) in [5.74, 6) is -3.68. The maximum absolute atomic E-state index is 12.7. The Morgan fingerprint density at radius 1 is 1.23 bits per heavy atom. The van der Waals surface area contributed by atoms with E-state index < -0.39 is 43.2 Å². The van der Waals surface area contributed by atoms with Crippen molar-refractivity contribution in [1.82, 2.24) is 0 Å². The lowest BCUT2D eigenvalue weighted by Crippen LogP contribution is -2.21. The maximum atomic E-state index is 12.7. The van der Waals surface area contributed by atoms with E-state index in [0.717, 1.165) is 23.3 Å². The molecule has 2 atom stereocenters. The van der Waals surface area contributed by atoms with Gasteiger partial charge in [-0.15, -0.1) is 0 Å². The van der Waals surface area contributed by atoms with Crippen molar-refractivity contribution < 1.29 is 27.2 Å². The second-order valence-electron chi connectivity index (χ2n) is 5.83. The van der Waals surface area contributed by atoms with Crippen molar-refractivity contribution >= 4 is 21.2 Å². The average Bonchev–Trinajstić information content (AvgIpc) is 2.90. The summed E-state index contributed by atoms with van der Waals surface area (Å²) in [6.07, 6.45) is -0.476. The Kier molecular flexibility index (Phi) is 4.63. The van der Waals surface area contributed by atoms with Gasteiger partial charge in [-0.25, -0.2) is 8.42 Å². The summed E-state index contributed by atoms with van der Waals surface area (Å²) in [5.41, 5.74) is 0.919. The van der Waals surface area contributed by atoms with Crippen LogP contribution in [0, 0.1) is 10.1 Å². The van der Waals surface area contributed by atoms with Crippen LogP contribution in [-0.2, 0) is 16.3 Å². The van der Waals surface area contributed by atoms with Crippen LogP contribution in [0.25, 0.3) is 0 Å². The van der Waals surface area contributed by atoms with E-state index in [4.69, 9.17) is 0 Å². The number of hydrogen-bond acceptors (Lipinski definition) is 6. The van der Waals surface area contributed by atoms with Crippen LogP contribution in [0.4, 0.5) is 20.2 Å². The molecule has 1 aliphatic carbocycles. The zero-order valence-electron chi connectivity index (χ0n) is 13.2. The van der Waals surface area contributed by atoms with Crippen molar-refractivity contribution in [2.24, 2.45) is 0 Å². The molecule has 0 radical (unpaired) electrons. The molecule has 1 aliphatic rings. The number of halogens is 2. The number of nitrogens with one attached hydrogen (secondary N) is 1. The predicted octanol–water partition coefficient (Wildman–Crippen LogP) is 2.66. The Labute approximate surface area is 147 Å². The molecule has 0 aliphatic heterocycles. The summed E-state index contributed by atoms with van der Waals surface area (Å²) >= 11 is 0. The largest absolute Gasteiger partial charge is 0.390 e. The first-order valence-corrected chi connectivity index (χ1v) is 9.09. The number of fused-ring (bicyclic) bond motifs is 1. The summed E-state index contributed by atoms with van der Waals surface area (Å²) in [6.45, 7) is 0. The predicted molar refractivity (Wildman–Crippen MR) is 88.8 cm³/mol. The van der Waals surface area contributed by atoms with E-state index in [1.165, 1.54) is 0 Å². The van der Waals surface area contributed by atoms with E-state index in [9.17, 15) is 32.4 Å². The standard InChI is InChI=1S/C16H14F2N2O5S/c17-16(18)26(24,25)10-5-6-12(13(8-10)20(22)23)19-15-11-4-2-1-3-9(11)7-14(15)21/h1-6,8,14-16,19,21H,7H2/t14-,15+/m1/s1. The zero-order chi connectivity index (χ0) is 19.1. The molecule has 0 bridgehead atoms. The van der Waals surface area contributed by atoms with E-state index in [0.29, 0.717) is 12.5 Å². The SMILES string of the molecule is O=[N+]([O-])c1cc(S(=O)(=O)C(F)F)ccc1N[C@H]1c2ccccc2C[C@H]1O. The highest BCUT2D eigenvalue weighted by Gasteiger charge is 2.33. The monoisotopic (exact) mass is 384 g/mol. The van der Waals surface area contributed by atoms with E-state index in [2.05, 4.69) is 5.32 Å². The summed E-state index contributed by atoms with van der Waals surface area (Å²) in [4.78, 5) is 9.60. The molecule has 0 heterocycles. The van der Waals surface area contributed by atoms with Crippen LogP contribution in [0.2, 0.25) is 0 Å². The second-order valence-corrected chi connectivity index (χ2v) is 7.75. The summed E-state index contributed by atoms with van der Waals surface area (Å²) in [6, 6.07) is 9.06. The Morgan fingerprint density at radius 2 is 1.92 bits per heavy atom. The molecule has 0 saturated heterocycles. The highest BCUT2D eigenvalue weighted by Crippen LogP contribution is 2.37. The van der Waals surface area contributed by atoms with Crippen LogP contribution in [0.5, 0.6) is 0 Å². The highest BCUT2D eigenvalue weighted by atomic mass is 32.2. The summed E-state index contributed by atoms with van der Waals surface area (Å²) in [5, 5.41) is 24.4. The Balaban J connectivity index is 2.00. The smallest absolute Gasteiger partial charge is 0.341 e. The van der Waals surface area contributed by atoms with Crippen LogP contribution in [-0.4, -0.2) is 30.3 Å². The van der Waals surface area contributed by atoms with Crippen molar-refractivity contribution in [3.05, 3.63) is 63.7 Å². The van der Waals surface area contributed by atoms with Gasteiger partial charge in [0.2, 0.25) is 9.84 Å². The van der Waals surface area contributed by atoms with Crippen molar-refractivity contribution in [2.45, 2.75) is 29.2 Å². The third-order valence-corrected chi connectivity index (χ3v) is 5.62. The molecule has 26 heavy (non-hydrogen) atoms. The lowest BCUT2D eigenvalue weighted by atomic mass is 10.1. The van der Waals surface area contributed by atoms with Gasteiger partial charge >= 0.3 is 5.76 Å². The first-order chi connectivity index (χ1) is 12.2. The number of hydrogen-bond donors (Lipinski definition) is 2. The molecule has 2 aromatic rings. The van der Waals surface area contributed by atoms with Gasteiger partial charge in [0.15, 0.2) is 0 Å². The number of aliphatic hydroxyl groups excluding tert-OH is 1. The molecule has 0 aromatic heterocycles. The Bertz CT molecular complexity index is 965. The van der Waals surface area contributed by atoms with Crippen molar-refractivity contribution in [2.75, 3.05) is 5.32 Å². The lowest BCUT2D eigenvalue weighted by Gasteiger charge is -2.19. The lowest BCUT2D eigenvalue weighted by molar-refractivity contribution is -0.384. The molecule has 0 unspecified atom stereocenters. The molecule has 0 spiro atoms. The van der Waals surface area contributed by atoms with E-state index >= 15 is 0 Å². The van der Waals surface area contributed by atoms with Crippen molar-refractivity contribution in [1.29, 1.82) is 0 Å². The van der Waals surface area contributed by atoms with Crippen molar-refractivity contribution in [3.63, 3.8) is 0 Å². The minimum Gasteiger partial charge on any atom is -0.390 e. The molecule has 2 N–H and O–H groups in total. The Morgan fingerprint density at radius 3 is 2.58 bits per heavy atom. The molecule has 0 amide bonds. The van der Waals surface area contributed by atoms with E-state index in [1.54, 1.807) is 18.2 Å². The van der Waals surface area contributed by atoms with Gasteiger partial charge in [0.25, 0.3) is 5.69 Å². The molecule has 10 heteroatoms. The quantitative estimate of drug-likeness (QED) is 0.606. The number of nitrogens with zero attached hydrogens (tertiary/aromatic N) is 1. The summed E-state index contributed by atoms with van der Waals surface area (Å²) < 4.78 is 48.4. The fourth-order valence-corrected chi connectivity index (χ4v) is 3.72. The number of alkyl halides is 2. The van der Waals surface area contributed by atoms with Crippen LogP contribution < -0.4 is 5.32 Å². The van der Waals surface area contributed by atoms with Gasteiger partial charge in [0.05, 0.1) is 22.0 Å². The minimum atomic E-state index is -4.95. The number of rotatable bonds is 5. The minimum absolute atomic E-state index is 0.0658. The average molecular weight is 384 g/mol.